The van der Waals surface area contributed by atoms with E-state index in [0.717, 1.165) is 25.4 Å². The molecule has 1 rings (SSSR count). The lowest BCUT2D eigenvalue weighted by atomic mass is 9.88. The van der Waals surface area contributed by atoms with Crippen molar-refractivity contribution < 1.29 is 5.21 Å². The summed E-state index contributed by atoms with van der Waals surface area (Å²) >= 11 is 0. The Morgan fingerprint density at radius 1 is 1.44 bits per heavy atom. The number of nitrogens with two attached hydrogens (primary N) is 1. The van der Waals surface area contributed by atoms with Crippen LogP contribution in [0.4, 0.5) is 0 Å². The van der Waals surface area contributed by atoms with Gasteiger partial charge in [-0.3, -0.25) is 0 Å². The van der Waals surface area contributed by atoms with E-state index in [4.69, 9.17) is 10.9 Å². The molecule has 1 fully saturated rings. The van der Waals surface area contributed by atoms with E-state index >= 15 is 0 Å². The van der Waals surface area contributed by atoms with Gasteiger partial charge in [0.1, 0.15) is 5.84 Å². The lowest BCUT2D eigenvalue weighted by molar-refractivity contribution is 0.304. The predicted molar refractivity (Wildman–Crippen MR) is 66.6 cm³/mol. The predicted octanol–water partition coefficient (Wildman–Crippen LogP) is 1.93. The number of rotatable bonds is 6. The van der Waals surface area contributed by atoms with Crippen molar-refractivity contribution in [3.63, 3.8) is 0 Å². The molecule has 0 bridgehead atoms. The normalized spacial score (nSPS) is 19.2. The molecule has 0 aromatic heterocycles. The van der Waals surface area contributed by atoms with E-state index in [1.54, 1.807) is 0 Å². The zero-order chi connectivity index (χ0) is 12.0. The Bertz CT molecular complexity index is 232. The molecule has 0 aliphatic heterocycles. The molecule has 1 aliphatic carbocycles. The summed E-state index contributed by atoms with van der Waals surface area (Å²) in [5, 5.41) is 15.2. The summed E-state index contributed by atoms with van der Waals surface area (Å²) < 4.78 is 0. The van der Waals surface area contributed by atoms with Crippen LogP contribution in [0.25, 0.3) is 0 Å². The molecule has 4 nitrogen and oxygen atoms in total. The molecule has 4 N–H and O–H groups in total. The van der Waals surface area contributed by atoms with Crippen LogP contribution >= 0.6 is 0 Å². The third-order valence-corrected chi connectivity index (χ3v) is 3.64. The molecule has 94 valence electrons. The molecule has 0 saturated heterocycles. The van der Waals surface area contributed by atoms with E-state index in [1.807, 2.05) is 13.8 Å². The molecular weight excluding hydrogens is 202 g/mol. The molecule has 1 saturated carbocycles. The zero-order valence-corrected chi connectivity index (χ0v) is 10.5. The van der Waals surface area contributed by atoms with Crippen molar-refractivity contribution >= 4 is 5.84 Å². The molecular formula is C12H25N3O. The van der Waals surface area contributed by atoms with E-state index in [2.05, 4.69) is 10.5 Å². The Morgan fingerprint density at radius 2 is 2.06 bits per heavy atom. The van der Waals surface area contributed by atoms with Crippen LogP contribution in [0.1, 0.15) is 46.0 Å². The molecule has 1 aliphatic rings. The highest BCUT2D eigenvalue weighted by molar-refractivity contribution is 5.85. The molecule has 0 radical (unpaired) electrons. The second-order valence-electron chi connectivity index (χ2n) is 5.47. The van der Waals surface area contributed by atoms with Crippen molar-refractivity contribution in [2.45, 2.75) is 46.0 Å². The highest BCUT2D eigenvalue weighted by atomic mass is 16.4. The second kappa shape index (κ2) is 6.09. The quantitative estimate of drug-likeness (QED) is 0.213. The summed E-state index contributed by atoms with van der Waals surface area (Å²) in [6, 6.07) is 0. The van der Waals surface area contributed by atoms with Gasteiger partial charge in [-0.05, 0) is 38.3 Å². The summed E-state index contributed by atoms with van der Waals surface area (Å²) in [6.07, 6.45) is 6.42. The van der Waals surface area contributed by atoms with Crippen LogP contribution < -0.4 is 11.1 Å². The average molecular weight is 227 g/mol. The van der Waals surface area contributed by atoms with E-state index in [-0.39, 0.29) is 5.41 Å². The van der Waals surface area contributed by atoms with Crippen molar-refractivity contribution in [2.24, 2.45) is 22.2 Å². The van der Waals surface area contributed by atoms with Crippen molar-refractivity contribution in [1.82, 2.24) is 5.32 Å². The van der Waals surface area contributed by atoms with Crippen LogP contribution in [-0.4, -0.2) is 24.1 Å². The Labute approximate surface area is 98.3 Å². The topological polar surface area (TPSA) is 70.6 Å². The lowest BCUT2D eigenvalue weighted by Gasteiger charge is -2.23. The van der Waals surface area contributed by atoms with Gasteiger partial charge >= 0.3 is 0 Å². The number of nitrogens with zero attached hydrogens (tertiary/aromatic N) is 1. The average Bonchev–Trinajstić information content (AvgIpc) is 2.76. The van der Waals surface area contributed by atoms with E-state index < -0.39 is 0 Å². The third kappa shape index (κ3) is 4.00. The van der Waals surface area contributed by atoms with E-state index in [9.17, 15) is 0 Å². The van der Waals surface area contributed by atoms with Crippen LogP contribution in [0.3, 0.4) is 0 Å². The maximum Gasteiger partial charge on any atom is 0.144 e. The van der Waals surface area contributed by atoms with Crippen molar-refractivity contribution in [1.29, 1.82) is 0 Å². The van der Waals surface area contributed by atoms with Crippen LogP contribution in [-0.2, 0) is 0 Å². The maximum absolute atomic E-state index is 8.64. The minimum atomic E-state index is -0.225. The molecule has 0 unspecified atom stereocenters. The molecule has 16 heavy (non-hydrogen) atoms. The van der Waals surface area contributed by atoms with Crippen molar-refractivity contribution in [3.05, 3.63) is 0 Å². The summed E-state index contributed by atoms with van der Waals surface area (Å²) in [4.78, 5) is 0. The standard InChI is InChI=1S/C12H25N3O/c1-12(2,11(13)15-16)7-8-14-9-10-5-3-4-6-10/h10,14,16H,3-9H2,1-2H3,(H2,13,15). The molecule has 0 aromatic rings. The van der Waals surface area contributed by atoms with Gasteiger partial charge in [-0.1, -0.05) is 31.8 Å². The molecule has 0 spiro atoms. The van der Waals surface area contributed by atoms with Gasteiger partial charge in [-0.25, -0.2) is 0 Å². The smallest absolute Gasteiger partial charge is 0.144 e. The largest absolute Gasteiger partial charge is 0.409 e. The van der Waals surface area contributed by atoms with Crippen LogP contribution in [0.2, 0.25) is 0 Å². The number of nitrogens with one attached hydrogen (secondary N) is 1. The zero-order valence-electron chi connectivity index (χ0n) is 10.5. The van der Waals surface area contributed by atoms with Crippen LogP contribution in [0, 0.1) is 11.3 Å². The van der Waals surface area contributed by atoms with Crippen LogP contribution in [0.15, 0.2) is 5.16 Å². The fourth-order valence-corrected chi connectivity index (χ4v) is 2.18. The van der Waals surface area contributed by atoms with Crippen molar-refractivity contribution in [3.8, 4) is 0 Å². The minimum absolute atomic E-state index is 0.225. The molecule has 0 amide bonds. The SMILES string of the molecule is CC(C)(CCNCC1CCCC1)C(N)=NO. The van der Waals surface area contributed by atoms with Gasteiger partial charge in [0.15, 0.2) is 0 Å². The first-order chi connectivity index (χ1) is 7.56. The fraction of sp³-hybridized carbons (Fsp3) is 0.917. The minimum Gasteiger partial charge on any atom is -0.409 e. The maximum atomic E-state index is 8.64. The van der Waals surface area contributed by atoms with Gasteiger partial charge in [0.25, 0.3) is 0 Å². The van der Waals surface area contributed by atoms with Gasteiger partial charge in [-0.2, -0.15) is 0 Å². The summed E-state index contributed by atoms with van der Waals surface area (Å²) in [7, 11) is 0. The molecule has 0 heterocycles. The van der Waals surface area contributed by atoms with Crippen LogP contribution in [0.5, 0.6) is 0 Å². The number of amidine groups is 1. The van der Waals surface area contributed by atoms with Gasteiger partial charge in [0, 0.05) is 5.41 Å². The third-order valence-electron chi connectivity index (χ3n) is 3.64. The Morgan fingerprint density at radius 3 is 2.62 bits per heavy atom. The Hall–Kier alpha value is -0.770. The van der Waals surface area contributed by atoms with Crippen molar-refractivity contribution in [2.75, 3.05) is 13.1 Å². The van der Waals surface area contributed by atoms with Gasteiger partial charge in [0.2, 0.25) is 0 Å². The first kappa shape index (κ1) is 13.3. The molecule has 4 heteroatoms. The lowest BCUT2D eigenvalue weighted by Crippen LogP contribution is -2.35. The first-order valence-corrected chi connectivity index (χ1v) is 6.25. The monoisotopic (exact) mass is 227 g/mol. The van der Waals surface area contributed by atoms with E-state index in [1.165, 1.54) is 25.7 Å². The number of oxime groups is 1. The summed E-state index contributed by atoms with van der Waals surface area (Å²) in [5.74, 6) is 1.18. The number of hydrogen-bond acceptors (Lipinski definition) is 3. The second-order valence-corrected chi connectivity index (χ2v) is 5.47. The van der Waals surface area contributed by atoms with Gasteiger partial charge in [0.05, 0.1) is 0 Å². The first-order valence-electron chi connectivity index (χ1n) is 6.25. The Balaban J connectivity index is 2.14. The summed E-state index contributed by atoms with van der Waals surface area (Å²) in [5.41, 5.74) is 5.40. The highest BCUT2D eigenvalue weighted by Crippen LogP contribution is 2.24. The number of hydrogen-bond donors (Lipinski definition) is 3. The molecule has 0 aromatic carbocycles. The fourth-order valence-electron chi connectivity index (χ4n) is 2.18. The molecule has 0 atom stereocenters. The van der Waals surface area contributed by atoms with Gasteiger partial charge < -0.3 is 16.3 Å². The summed E-state index contributed by atoms with van der Waals surface area (Å²) in [6.45, 7) is 6.05. The van der Waals surface area contributed by atoms with E-state index in [0.29, 0.717) is 5.84 Å². The Kier molecular flexibility index (Phi) is 5.06. The van der Waals surface area contributed by atoms with Gasteiger partial charge in [-0.15, -0.1) is 0 Å². The highest BCUT2D eigenvalue weighted by Gasteiger charge is 2.23.